The summed E-state index contributed by atoms with van der Waals surface area (Å²) in [6.07, 6.45) is 0. The number of nitrogens with one attached hydrogen (secondary N) is 2. The number of morpholine rings is 1. The highest BCUT2D eigenvalue weighted by Crippen LogP contribution is 2.18. The van der Waals surface area contributed by atoms with E-state index in [1.807, 2.05) is 60.4 Å². The van der Waals surface area contributed by atoms with Gasteiger partial charge in [-0.15, -0.1) is 0 Å². The van der Waals surface area contributed by atoms with E-state index in [9.17, 15) is 4.79 Å². The molecule has 0 amide bonds. The predicted molar refractivity (Wildman–Crippen MR) is 135 cm³/mol. The van der Waals surface area contributed by atoms with E-state index >= 15 is 0 Å². The maximum absolute atomic E-state index is 12.9. The lowest BCUT2D eigenvalue weighted by molar-refractivity contribution is 0.0358. The number of anilines is 1. The average molecular weight is 471 g/mol. The van der Waals surface area contributed by atoms with Crippen molar-refractivity contribution in [1.29, 1.82) is 0 Å². The number of ether oxygens (including phenoxy) is 1. The second-order valence-corrected chi connectivity index (χ2v) is 8.80. The topological polar surface area (TPSA) is 60.6 Å². The Morgan fingerprint density at radius 2 is 2.00 bits per heavy atom. The third-order valence-corrected chi connectivity index (χ3v) is 6.27. The molecule has 0 bridgehead atoms. The normalized spacial score (nSPS) is 14.4. The summed E-state index contributed by atoms with van der Waals surface area (Å²) in [5.41, 5.74) is 3.34. The summed E-state index contributed by atoms with van der Waals surface area (Å²) >= 11 is 11.9. The molecule has 32 heavy (non-hydrogen) atoms. The monoisotopic (exact) mass is 470 g/mol. The fourth-order valence-corrected chi connectivity index (χ4v) is 4.32. The van der Waals surface area contributed by atoms with Gasteiger partial charge in [0.1, 0.15) is 0 Å². The summed E-state index contributed by atoms with van der Waals surface area (Å²) in [5.74, 6) is 0. The molecule has 2 heterocycles. The van der Waals surface area contributed by atoms with Crippen LogP contribution in [-0.4, -0.2) is 59.3 Å². The fraction of sp³-hybridized carbons (Fsp3) is 0.333. The molecular formula is C24H27ClN4O2S. The van der Waals surface area contributed by atoms with Gasteiger partial charge in [-0.05, 0) is 54.4 Å². The van der Waals surface area contributed by atoms with Crippen molar-refractivity contribution in [3.8, 4) is 0 Å². The highest BCUT2D eigenvalue weighted by atomic mass is 35.5. The molecule has 2 N–H and O–H groups in total. The molecule has 1 aliphatic heterocycles. The highest BCUT2D eigenvalue weighted by molar-refractivity contribution is 7.80. The van der Waals surface area contributed by atoms with Gasteiger partial charge in [-0.2, -0.15) is 0 Å². The first-order chi connectivity index (χ1) is 15.5. The van der Waals surface area contributed by atoms with Crippen LogP contribution in [0.15, 0.2) is 53.3 Å². The Morgan fingerprint density at radius 1 is 1.22 bits per heavy atom. The van der Waals surface area contributed by atoms with Crippen LogP contribution < -0.4 is 10.9 Å². The third-order valence-electron chi connectivity index (χ3n) is 5.68. The minimum absolute atomic E-state index is 0.0891. The van der Waals surface area contributed by atoms with Crippen molar-refractivity contribution in [1.82, 2.24) is 14.8 Å². The van der Waals surface area contributed by atoms with E-state index in [0.717, 1.165) is 55.0 Å². The number of halogens is 1. The molecule has 0 radical (unpaired) electrons. The number of fused-ring (bicyclic) bond motifs is 1. The summed E-state index contributed by atoms with van der Waals surface area (Å²) in [5, 5.41) is 5.49. The van der Waals surface area contributed by atoms with Crippen molar-refractivity contribution >= 4 is 45.5 Å². The summed E-state index contributed by atoms with van der Waals surface area (Å²) in [7, 11) is 0. The number of aromatic nitrogens is 1. The lowest BCUT2D eigenvalue weighted by Gasteiger charge is -2.31. The van der Waals surface area contributed by atoms with Crippen LogP contribution in [0, 0.1) is 6.92 Å². The van der Waals surface area contributed by atoms with Crippen LogP contribution >= 0.6 is 23.8 Å². The minimum atomic E-state index is -0.0891. The molecule has 168 valence electrons. The van der Waals surface area contributed by atoms with Crippen LogP contribution in [0.3, 0.4) is 0 Å². The molecule has 1 aliphatic rings. The molecule has 0 saturated carbocycles. The Morgan fingerprint density at radius 3 is 2.78 bits per heavy atom. The molecule has 0 aliphatic carbocycles. The molecule has 3 aromatic rings. The van der Waals surface area contributed by atoms with Crippen LogP contribution in [-0.2, 0) is 11.3 Å². The van der Waals surface area contributed by atoms with E-state index < -0.39 is 0 Å². The SMILES string of the molecule is Cc1cccc2cc(CN(CCN3CCOCC3)C(=S)Nc3cccc(Cl)c3)c(=O)[nH]c12. The van der Waals surface area contributed by atoms with Gasteiger partial charge >= 0.3 is 0 Å². The summed E-state index contributed by atoms with van der Waals surface area (Å²) in [4.78, 5) is 20.3. The molecule has 1 saturated heterocycles. The summed E-state index contributed by atoms with van der Waals surface area (Å²) in [6, 6.07) is 15.4. The number of nitrogens with zero attached hydrogens (tertiary/aromatic N) is 2. The fourth-order valence-electron chi connectivity index (χ4n) is 3.86. The van der Waals surface area contributed by atoms with E-state index in [-0.39, 0.29) is 5.56 Å². The quantitative estimate of drug-likeness (QED) is 0.530. The minimum Gasteiger partial charge on any atom is -0.379 e. The van der Waals surface area contributed by atoms with Gasteiger partial charge in [-0.25, -0.2) is 0 Å². The molecule has 0 spiro atoms. The number of rotatable bonds is 6. The Kier molecular flexibility index (Phi) is 7.42. The number of thiocarbonyl (C=S) groups is 1. The van der Waals surface area contributed by atoms with Crippen molar-refractivity contribution in [3.63, 3.8) is 0 Å². The lowest BCUT2D eigenvalue weighted by Crippen LogP contribution is -2.44. The second-order valence-electron chi connectivity index (χ2n) is 7.98. The Balaban J connectivity index is 1.56. The number of para-hydroxylation sites is 1. The standard InChI is InChI=1S/C24H27ClN4O2S/c1-17-4-2-5-18-14-19(23(30)27-22(17)18)16-29(9-8-28-10-12-31-13-11-28)24(32)26-21-7-3-6-20(25)15-21/h2-7,14-15H,8-13,16H2,1H3,(H,26,32)(H,27,30). The van der Waals surface area contributed by atoms with Gasteiger partial charge in [0.25, 0.3) is 5.56 Å². The molecule has 0 unspecified atom stereocenters. The smallest absolute Gasteiger partial charge is 0.253 e. The highest BCUT2D eigenvalue weighted by Gasteiger charge is 2.17. The van der Waals surface area contributed by atoms with Crippen LogP contribution in [0.4, 0.5) is 5.69 Å². The van der Waals surface area contributed by atoms with E-state index in [4.69, 9.17) is 28.6 Å². The number of aryl methyl sites for hydroxylation is 1. The number of hydrogen-bond donors (Lipinski definition) is 2. The van der Waals surface area contributed by atoms with Gasteiger partial charge in [0.2, 0.25) is 0 Å². The van der Waals surface area contributed by atoms with Gasteiger partial charge in [0.15, 0.2) is 5.11 Å². The molecule has 6 nitrogen and oxygen atoms in total. The molecule has 0 atom stereocenters. The maximum Gasteiger partial charge on any atom is 0.253 e. The number of H-pyrrole nitrogens is 1. The van der Waals surface area contributed by atoms with E-state index in [1.54, 1.807) is 0 Å². The van der Waals surface area contributed by atoms with Gasteiger partial charge in [-0.1, -0.05) is 35.9 Å². The summed E-state index contributed by atoms with van der Waals surface area (Å²) in [6.45, 7) is 7.23. The van der Waals surface area contributed by atoms with Crippen LogP contribution in [0.25, 0.3) is 10.9 Å². The zero-order valence-electron chi connectivity index (χ0n) is 18.1. The van der Waals surface area contributed by atoms with Crippen molar-refractivity contribution < 1.29 is 4.74 Å². The number of benzene rings is 2. The molecule has 1 aromatic heterocycles. The zero-order chi connectivity index (χ0) is 22.5. The van der Waals surface area contributed by atoms with E-state index in [0.29, 0.717) is 28.8 Å². The summed E-state index contributed by atoms with van der Waals surface area (Å²) < 4.78 is 5.45. The van der Waals surface area contributed by atoms with Gasteiger partial charge in [0.05, 0.1) is 25.3 Å². The van der Waals surface area contributed by atoms with Crippen LogP contribution in [0.2, 0.25) is 5.02 Å². The van der Waals surface area contributed by atoms with Gasteiger partial charge < -0.3 is 19.9 Å². The first kappa shape index (κ1) is 22.7. The number of pyridine rings is 1. The van der Waals surface area contributed by atoms with E-state index in [2.05, 4.69) is 15.2 Å². The molecular weight excluding hydrogens is 444 g/mol. The average Bonchev–Trinajstić information content (AvgIpc) is 2.78. The third kappa shape index (κ3) is 5.66. The molecule has 2 aromatic carbocycles. The van der Waals surface area contributed by atoms with Crippen LogP contribution in [0.5, 0.6) is 0 Å². The van der Waals surface area contributed by atoms with Crippen molar-refractivity contribution in [2.45, 2.75) is 13.5 Å². The predicted octanol–water partition coefficient (Wildman–Crippen LogP) is 4.02. The molecule has 1 fully saturated rings. The van der Waals surface area contributed by atoms with Crippen LogP contribution in [0.1, 0.15) is 11.1 Å². The van der Waals surface area contributed by atoms with E-state index in [1.165, 1.54) is 0 Å². The Labute approximate surface area is 198 Å². The number of aromatic amines is 1. The number of hydrogen-bond acceptors (Lipinski definition) is 4. The zero-order valence-corrected chi connectivity index (χ0v) is 19.6. The maximum atomic E-state index is 12.9. The Bertz CT molecular complexity index is 1160. The van der Waals surface area contributed by atoms with Gasteiger partial charge in [-0.3, -0.25) is 9.69 Å². The largest absolute Gasteiger partial charge is 0.379 e. The van der Waals surface area contributed by atoms with Gasteiger partial charge in [0, 0.05) is 42.5 Å². The molecule has 8 heteroatoms. The Hall–Kier alpha value is -2.45. The first-order valence-electron chi connectivity index (χ1n) is 10.7. The first-order valence-corrected chi connectivity index (χ1v) is 11.5. The van der Waals surface area contributed by atoms with Crippen molar-refractivity contribution in [2.75, 3.05) is 44.7 Å². The van der Waals surface area contributed by atoms with Crippen molar-refractivity contribution in [2.24, 2.45) is 0 Å². The molecule has 4 rings (SSSR count). The van der Waals surface area contributed by atoms with Crippen molar-refractivity contribution in [3.05, 3.63) is 75.0 Å². The second kappa shape index (κ2) is 10.4. The lowest BCUT2D eigenvalue weighted by atomic mass is 10.1.